The summed E-state index contributed by atoms with van der Waals surface area (Å²) in [7, 11) is -1.67. The summed E-state index contributed by atoms with van der Waals surface area (Å²) in [5.41, 5.74) is -0.415. The van der Waals surface area contributed by atoms with Crippen molar-refractivity contribution in [3.63, 3.8) is 0 Å². The largest absolute Gasteiger partial charge is 0.433 e. The Kier molecular flexibility index (Phi) is 6.43. The highest BCUT2D eigenvalue weighted by atomic mass is 28.3. The molecule has 0 N–H and O–H groups in total. The van der Waals surface area contributed by atoms with Gasteiger partial charge in [-0.2, -0.15) is 0 Å². The Hall–Kier alpha value is 0.202. The lowest BCUT2D eigenvalue weighted by Gasteiger charge is -2.37. The molecule has 130 valence electrons. The van der Waals surface area contributed by atoms with E-state index in [0.29, 0.717) is 17.8 Å². The van der Waals surface area contributed by atoms with Gasteiger partial charge in [0.15, 0.2) is 0 Å². The van der Waals surface area contributed by atoms with Gasteiger partial charge in [-0.25, -0.2) is 0 Å². The van der Waals surface area contributed by atoms with E-state index in [4.69, 9.17) is 9.31 Å². The van der Waals surface area contributed by atoms with Crippen molar-refractivity contribution in [1.82, 2.24) is 0 Å². The van der Waals surface area contributed by atoms with Gasteiger partial charge in [0.05, 0.1) is 11.2 Å². The maximum atomic E-state index is 6.57. The molecule has 1 aliphatic heterocycles. The minimum absolute atomic E-state index is 0.0460. The summed E-state index contributed by atoms with van der Waals surface area (Å²) >= 11 is 0. The molecular weight excluding hydrogens is 287 g/mol. The van der Waals surface area contributed by atoms with Gasteiger partial charge in [0.2, 0.25) is 0 Å². The van der Waals surface area contributed by atoms with Crippen molar-refractivity contribution in [3.8, 4) is 0 Å². The van der Waals surface area contributed by atoms with Crippen LogP contribution in [0, 0.1) is 17.8 Å². The van der Waals surface area contributed by atoms with Gasteiger partial charge in [0, 0.05) is 0 Å². The molecule has 1 rings (SSSR count). The molecule has 0 saturated carbocycles. The van der Waals surface area contributed by atoms with Crippen molar-refractivity contribution in [1.29, 1.82) is 0 Å². The number of rotatable bonds is 7. The fourth-order valence-corrected chi connectivity index (χ4v) is 11.1. The summed E-state index contributed by atoms with van der Waals surface area (Å²) in [6, 6.07) is 3.92. The molecule has 0 aromatic carbocycles. The predicted molar refractivity (Wildman–Crippen MR) is 101 cm³/mol. The van der Waals surface area contributed by atoms with Crippen molar-refractivity contribution in [3.05, 3.63) is 0 Å². The molecule has 0 spiro atoms. The van der Waals surface area contributed by atoms with Crippen LogP contribution in [0.5, 0.6) is 0 Å². The molecule has 0 aliphatic carbocycles. The summed E-state index contributed by atoms with van der Waals surface area (Å²) in [5, 5.41) is 0. The Morgan fingerprint density at radius 3 is 1.18 bits per heavy atom. The first-order chi connectivity index (χ1) is 9.81. The zero-order valence-corrected chi connectivity index (χ0v) is 17.7. The van der Waals surface area contributed by atoms with E-state index in [1.807, 2.05) is 0 Å². The molecule has 4 heteroatoms. The first-order valence-corrected chi connectivity index (χ1v) is 11.9. The van der Waals surface area contributed by atoms with Crippen LogP contribution in [-0.2, 0) is 9.31 Å². The van der Waals surface area contributed by atoms with Crippen LogP contribution in [0.1, 0.15) is 69.2 Å². The fourth-order valence-electron chi connectivity index (χ4n) is 4.07. The van der Waals surface area contributed by atoms with Crippen LogP contribution < -0.4 is 0 Å². The lowest BCUT2D eigenvalue weighted by molar-refractivity contribution is 0.00578. The van der Waals surface area contributed by atoms with E-state index in [1.54, 1.807) is 0 Å². The Balaban J connectivity index is 3.18. The Labute approximate surface area is 140 Å². The number of hydrogen-bond donors (Lipinski definition) is 0. The van der Waals surface area contributed by atoms with Crippen LogP contribution >= 0.6 is 0 Å². The summed E-state index contributed by atoms with van der Waals surface area (Å²) in [6.07, 6.45) is 0. The van der Waals surface area contributed by atoms with Crippen LogP contribution in [0.3, 0.4) is 0 Å². The molecule has 0 atom stereocenters. The second-order valence-corrected chi connectivity index (χ2v) is 14.2. The molecule has 0 aromatic rings. The monoisotopic (exact) mass is 326 g/mol. The Bertz CT molecular complexity index is 322. The van der Waals surface area contributed by atoms with Gasteiger partial charge in [0.25, 0.3) is 0 Å². The molecule has 0 aromatic heterocycles. The van der Waals surface area contributed by atoms with Crippen LogP contribution in [0.15, 0.2) is 0 Å². The summed E-state index contributed by atoms with van der Waals surface area (Å²) in [6.45, 7) is 22.9. The third-order valence-corrected chi connectivity index (χ3v) is 11.3. The molecule has 2 nitrogen and oxygen atoms in total. The van der Waals surface area contributed by atoms with Crippen LogP contribution in [0.2, 0.25) is 18.1 Å². The molecule has 0 unspecified atom stereocenters. The maximum Gasteiger partial charge on any atom is 0.433 e. The first-order valence-electron chi connectivity index (χ1n) is 9.17. The molecule has 1 aliphatic rings. The first kappa shape index (κ1) is 20.2. The summed E-state index contributed by atoms with van der Waals surface area (Å²) in [5.74, 6) is 2.13. The lowest BCUT2D eigenvalue weighted by Crippen LogP contribution is -2.55. The van der Waals surface area contributed by atoms with Gasteiger partial charge < -0.3 is 9.31 Å². The van der Waals surface area contributed by atoms with E-state index in [9.17, 15) is 0 Å². The average molecular weight is 326 g/mol. The Morgan fingerprint density at radius 2 is 0.955 bits per heavy atom. The quantitative estimate of drug-likeness (QED) is 0.569. The standard InChI is InChI=1S/C18H39BO2Si/c1-14(2)11-22(12-15(3)4,13-16(5)6)19-20-17(7,8)18(9,10)21-19/h14-16H,11-13H2,1-10H3. The SMILES string of the molecule is CC(C)C[Si](CC(C)C)(CC(C)C)B1OC(C)(C)C(C)(C)O1. The minimum Gasteiger partial charge on any atom is -0.406 e. The van der Waals surface area contributed by atoms with Crippen molar-refractivity contribution in [2.45, 2.75) is 98.6 Å². The molecule has 0 amide bonds. The molecular formula is C18H39BO2Si. The smallest absolute Gasteiger partial charge is 0.406 e. The summed E-state index contributed by atoms with van der Waals surface area (Å²) < 4.78 is 13.1. The third kappa shape index (κ3) is 4.61. The average Bonchev–Trinajstić information content (AvgIpc) is 2.44. The maximum absolute atomic E-state index is 6.57. The third-order valence-electron chi connectivity index (χ3n) is 5.20. The second kappa shape index (κ2) is 6.98. The van der Waals surface area contributed by atoms with Crippen molar-refractivity contribution >= 4 is 14.7 Å². The normalized spacial score (nSPS) is 21.4. The van der Waals surface area contributed by atoms with Crippen LogP contribution in [-0.4, -0.2) is 25.9 Å². The highest BCUT2D eigenvalue weighted by Gasteiger charge is 2.60. The van der Waals surface area contributed by atoms with Gasteiger partial charge in [-0.15, -0.1) is 0 Å². The van der Waals surface area contributed by atoms with E-state index in [-0.39, 0.29) is 17.9 Å². The molecule has 0 radical (unpaired) electrons. The van der Waals surface area contributed by atoms with Crippen molar-refractivity contribution < 1.29 is 9.31 Å². The summed E-state index contributed by atoms with van der Waals surface area (Å²) in [4.78, 5) is 0. The highest BCUT2D eigenvalue weighted by Crippen LogP contribution is 2.44. The van der Waals surface area contributed by atoms with Gasteiger partial charge in [0.1, 0.15) is 7.94 Å². The van der Waals surface area contributed by atoms with E-state index < -0.39 is 7.94 Å². The van der Waals surface area contributed by atoms with E-state index in [2.05, 4.69) is 69.2 Å². The molecule has 22 heavy (non-hydrogen) atoms. The zero-order chi connectivity index (χ0) is 17.3. The van der Waals surface area contributed by atoms with Crippen molar-refractivity contribution in [2.75, 3.05) is 0 Å². The van der Waals surface area contributed by atoms with Gasteiger partial charge >= 0.3 is 6.71 Å². The topological polar surface area (TPSA) is 18.5 Å². The molecule has 1 saturated heterocycles. The highest BCUT2D eigenvalue weighted by molar-refractivity contribution is 7.29. The molecule has 1 heterocycles. The second-order valence-electron chi connectivity index (χ2n) is 9.74. The van der Waals surface area contributed by atoms with E-state index in [0.717, 1.165) is 0 Å². The molecule has 0 bridgehead atoms. The minimum atomic E-state index is -1.67. The molecule has 1 fully saturated rings. The van der Waals surface area contributed by atoms with Crippen molar-refractivity contribution in [2.24, 2.45) is 17.8 Å². The van der Waals surface area contributed by atoms with E-state index >= 15 is 0 Å². The zero-order valence-electron chi connectivity index (χ0n) is 16.7. The lowest BCUT2D eigenvalue weighted by atomic mass is 9.90. The van der Waals surface area contributed by atoms with Gasteiger partial charge in [-0.1, -0.05) is 59.7 Å². The van der Waals surface area contributed by atoms with Gasteiger partial charge in [-0.05, 0) is 45.4 Å². The Morgan fingerprint density at radius 1 is 0.682 bits per heavy atom. The van der Waals surface area contributed by atoms with Crippen LogP contribution in [0.4, 0.5) is 0 Å². The van der Waals surface area contributed by atoms with Crippen LogP contribution in [0.25, 0.3) is 0 Å². The van der Waals surface area contributed by atoms with E-state index in [1.165, 1.54) is 18.1 Å². The van der Waals surface area contributed by atoms with Gasteiger partial charge in [-0.3, -0.25) is 0 Å². The predicted octanol–water partition coefficient (Wildman–Crippen LogP) is 5.57. The fraction of sp³-hybridized carbons (Fsp3) is 1.00. The number of hydrogen-bond acceptors (Lipinski definition) is 2.